The summed E-state index contributed by atoms with van der Waals surface area (Å²) in [6.45, 7) is 2.04. The summed E-state index contributed by atoms with van der Waals surface area (Å²) in [6.07, 6.45) is 2.60. The second kappa shape index (κ2) is 6.93. The average Bonchev–Trinajstić information content (AvgIpc) is 2.65. The highest BCUT2D eigenvalue weighted by molar-refractivity contribution is 7.98. The Morgan fingerprint density at radius 2 is 2.38 bits per heavy atom. The number of aryl methyl sites for hydroxylation is 1. The van der Waals surface area contributed by atoms with Gasteiger partial charge in [-0.05, 0) is 30.5 Å². The number of rotatable bonds is 6. The van der Waals surface area contributed by atoms with Crippen LogP contribution in [-0.4, -0.2) is 35.7 Å². The van der Waals surface area contributed by atoms with Gasteiger partial charge in [-0.25, -0.2) is 0 Å². The maximum Gasteiger partial charge on any atom is 0.252 e. The third kappa shape index (κ3) is 3.81. The maximum absolute atomic E-state index is 11.9. The van der Waals surface area contributed by atoms with Crippen LogP contribution in [0, 0.1) is 6.92 Å². The number of nitrogens with one attached hydrogen (secondary N) is 1. The highest BCUT2D eigenvalue weighted by Crippen LogP contribution is 2.14. The van der Waals surface area contributed by atoms with Crippen molar-refractivity contribution in [2.24, 2.45) is 0 Å². The quantitative estimate of drug-likeness (QED) is 0.820. The first-order valence-corrected chi connectivity index (χ1v) is 7.46. The minimum Gasteiger partial charge on any atom is -0.396 e. The van der Waals surface area contributed by atoms with Crippen LogP contribution >= 0.6 is 23.1 Å². The zero-order valence-corrected chi connectivity index (χ0v) is 11.2. The largest absolute Gasteiger partial charge is 0.396 e. The lowest BCUT2D eigenvalue weighted by Crippen LogP contribution is -2.37. The molecule has 1 heterocycles. The normalized spacial score (nSPS) is 12.4. The molecular weight excluding hydrogens is 242 g/mol. The van der Waals surface area contributed by atoms with E-state index in [4.69, 9.17) is 5.11 Å². The molecule has 1 aromatic rings. The number of carbonyl (C=O) groups excluding carboxylic acids is 1. The number of hydrogen-bond donors (Lipinski definition) is 2. The van der Waals surface area contributed by atoms with Gasteiger partial charge in [-0.1, -0.05) is 0 Å². The van der Waals surface area contributed by atoms with Crippen LogP contribution in [0.5, 0.6) is 0 Å². The molecule has 16 heavy (non-hydrogen) atoms. The fraction of sp³-hybridized carbons (Fsp3) is 0.545. The van der Waals surface area contributed by atoms with E-state index in [2.05, 4.69) is 5.32 Å². The molecular formula is C11H17NO2S2. The Hall–Kier alpha value is -0.520. The summed E-state index contributed by atoms with van der Waals surface area (Å²) in [5.74, 6) is 0.793. The smallest absolute Gasteiger partial charge is 0.252 e. The molecule has 3 nitrogen and oxygen atoms in total. The summed E-state index contributed by atoms with van der Waals surface area (Å²) in [5, 5.41) is 15.7. The van der Waals surface area contributed by atoms with Gasteiger partial charge in [0, 0.05) is 23.8 Å². The van der Waals surface area contributed by atoms with Gasteiger partial charge in [0.05, 0.1) is 5.56 Å². The predicted octanol–water partition coefficient (Wildman–Crippen LogP) is 1.90. The molecule has 0 aliphatic carbocycles. The second-order valence-corrected chi connectivity index (χ2v) is 5.26. The first kappa shape index (κ1) is 13.5. The molecule has 1 rings (SSSR count). The monoisotopic (exact) mass is 259 g/mol. The van der Waals surface area contributed by atoms with E-state index in [0.29, 0.717) is 6.42 Å². The molecule has 0 unspecified atom stereocenters. The van der Waals surface area contributed by atoms with E-state index in [9.17, 15) is 4.79 Å². The molecule has 0 aromatic carbocycles. The third-order valence-electron chi connectivity index (χ3n) is 2.28. The van der Waals surface area contributed by atoms with Gasteiger partial charge in [0.1, 0.15) is 0 Å². The lowest BCUT2D eigenvalue weighted by atomic mass is 10.2. The van der Waals surface area contributed by atoms with Crippen molar-refractivity contribution < 1.29 is 9.90 Å². The Balaban J connectivity index is 2.58. The summed E-state index contributed by atoms with van der Waals surface area (Å²) in [6, 6.07) is 0.0480. The fourth-order valence-electron chi connectivity index (χ4n) is 1.41. The molecule has 0 aliphatic rings. The minimum absolute atomic E-state index is 0.0359. The highest BCUT2D eigenvalue weighted by atomic mass is 32.2. The number of carbonyl (C=O) groups is 1. The first-order chi connectivity index (χ1) is 7.69. The minimum atomic E-state index is -0.0359. The third-order valence-corrected chi connectivity index (χ3v) is 3.88. The van der Waals surface area contributed by atoms with E-state index >= 15 is 0 Å². The number of amides is 1. The van der Waals surface area contributed by atoms with E-state index in [1.165, 1.54) is 11.3 Å². The van der Waals surface area contributed by atoms with Crippen molar-refractivity contribution in [3.8, 4) is 0 Å². The molecule has 0 saturated carbocycles. The van der Waals surface area contributed by atoms with Gasteiger partial charge in [-0.15, -0.1) is 0 Å². The molecule has 2 N–H and O–H groups in total. The number of thioether (sulfide) groups is 1. The molecule has 1 aromatic heterocycles. The number of aliphatic hydroxyl groups is 1. The lowest BCUT2D eigenvalue weighted by Gasteiger charge is -2.16. The van der Waals surface area contributed by atoms with Gasteiger partial charge in [0.25, 0.3) is 5.91 Å². The van der Waals surface area contributed by atoms with Crippen LogP contribution < -0.4 is 5.32 Å². The van der Waals surface area contributed by atoms with Gasteiger partial charge in [-0.3, -0.25) is 4.79 Å². The molecule has 0 aliphatic heterocycles. The molecule has 0 fully saturated rings. The fourth-order valence-corrected chi connectivity index (χ4v) is 2.89. The average molecular weight is 259 g/mol. The van der Waals surface area contributed by atoms with Gasteiger partial charge in [-0.2, -0.15) is 23.1 Å². The summed E-state index contributed by atoms with van der Waals surface area (Å²) in [4.78, 5) is 11.9. The van der Waals surface area contributed by atoms with Crippen molar-refractivity contribution in [3.05, 3.63) is 21.9 Å². The number of aliphatic hydroxyl groups excluding tert-OH is 1. The van der Waals surface area contributed by atoms with Crippen LogP contribution in [0.15, 0.2) is 10.8 Å². The molecule has 90 valence electrons. The summed E-state index contributed by atoms with van der Waals surface area (Å²) < 4.78 is 0. The highest BCUT2D eigenvalue weighted by Gasteiger charge is 2.14. The first-order valence-electron chi connectivity index (χ1n) is 5.12. The molecule has 0 radical (unpaired) electrons. The van der Waals surface area contributed by atoms with E-state index in [1.807, 2.05) is 23.9 Å². The lowest BCUT2D eigenvalue weighted by molar-refractivity contribution is 0.0935. The summed E-state index contributed by atoms with van der Waals surface area (Å²) in [7, 11) is 0. The standard InChI is InChI=1S/C11H17NO2S2/c1-8-5-16-7-10(8)11(14)12-9(3-4-13)6-15-2/h5,7,9,13H,3-4,6H2,1-2H3,(H,12,14)/t9-/m1/s1. The predicted molar refractivity (Wildman–Crippen MR) is 70.4 cm³/mol. The van der Waals surface area contributed by atoms with Crippen LogP contribution in [0.25, 0.3) is 0 Å². The molecule has 0 bridgehead atoms. The van der Waals surface area contributed by atoms with Gasteiger partial charge >= 0.3 is 0 Å². The zero-order chi connectivity index (χ0) is 12.0. The van der Waals surface area contributed by atoms with Gasteiger partial charge in [0.2, 0.25) is 0 Å². The van der Waals surface area contributed by atoms with Crippen molar-refractivity contribution in [1.29, 1.82) is 0 Å². The summed E-state index contributed by atoms with van der Waals surface area (Å²) >= 11 is 3.20. The molecule has 1 amide bonds. The maximum atomic E-state index is 11.9. The van der Waals surface area contributed by atoms with E-state index in [1.54, 1.807) is 11.8 Å². The van der Waals surface area contributed by atoms with Gasteiger partial charge < -0.3 is 10.4 Å². The molecule has 5 heteroatoms. The Kier molecular flexibility index (Phi) is 5.87. The Bertz CT molecular complexity index is 332. The van der Waals surface area contributed by atoms with Crippen molar-refractivity contribution >= 4 is 29.0 Å². The Labute approximate surface area is 104 Å². The zero-order valence-electron chi connectivity index (χ0n) is 9.53. The molecule has 0 spiro atoms. The van der Waals surface area contributed by atoms with Crippen molar-refractivity contribution in [1.82, 2.24) is 5.32 Å². The molecule has 1 atom stereocenters. The van der Waals surface area contributed by atoms with Crippen LogP contribution in [0.1, 0.15) is 22.3 Å². The Morgan fingerprint density at radius 1 is 1.62 bits per heavy atom. The summed E-state index contributed by atoms with van der Waals surface area (Å²) in [5.41, 5.74) is 1.75. The topological polar surface area (TPSA) is 49.3 Å². The van der Waals surface area contributed by atoms with E-state index in [-0.39, 0.29) is 18.6 Å². The van der Waals surface area contributed by atoms with E-state index in [0.717, 1.165) is 16.9 Å². The molecule has 0 saturated heterocycles. The second-order valence-electron chi connectivity index (χ2n) is 3.61. The van der Waals surface area contributed by atoms with Crippen molar-refractivity contribution in [3.63, 3.8) is 0 Å². The van der Waals surface area contributed by atoms with Crippen LogP contribution in [-0.2, 0) is 0 Å². The van der Waals surface area contributed by atoms with Gasteiger partial charge in [0.15, 0.2) is 0 Å². The van der Waals surface area contributed by atoms with Crippen molar-refractivity contribution in [2.75, 3.05) is 18.6 Å². The van der Waals surface area contributed by atoms with Crippen LogP contribution in [0.3, 0.4) is 0 Å². The number of thiophene rings is 1. The SMILES string of the molecule is CSC[C@@H](CCO)NC(=O)c1cscc1C. The Morgan fingerprint density at radius 3 is 2.88 bits per heavy atom. The van der Waals surface area contributed by atoms with Crippen molar-refractivity contribution in [2.45, 2.75) is 19.4 Å². The van der Waals surface area contributed by atoms with Crippen LogP contribution in [0.4, 0.5) is 0 Å². The van der Waals surface area contributed by atoms with E-state index < -0.39 is 0 Å². The number of hydrogen-bond acceptors (Lipinski definition) is 4. The van der Waals surface area contributed by atoms with Crippen LogP contribution in [0.2, 0.25) is 0 Å².